The van der Waals surface area contributed by atoms with Gasteiger partial charge in [-0.2, -0.15) is 0 Å². The van der Waals surface area contributed by atoms with Gasteiger partial charge in [0, 0.05) is 18.0 Å². The van der Waals surface area contributed by atoms with Crippen molar-refractivity contribution >= 4 is 5.91 Å². The Kier molecular flexibility index (Phi) is 6.36. The molecule has 0 aliphatic carbocycles. The van der Waals surface area contributed by atoms with Crippen LogP contribution in [0.5, 0.6) is 5.75 Å². The Labute approximate surface area is 115 Å². The van der Waals surface area contributed by atoms with Crippen molar-refractivity contribution in [2.75, 3.05) is 13.7 Å². The molecule has 1 unspecified atom stereocenters. The Bertz CT molecular complexity index is 419. The Balaban J connectivity index is 2.46. The Morgan fingerprint density at radius 2 is 2.16 bits per heavy atom. The van der Waals surface area contributed by atoms with E-state index in [9.17, 15) is 4.79 Å². The molecular weight excluding hydrogens is 240 g/mol. The predicted molar refractivity (Wildman–Crippen MR) is 77.2 cm³/mol. The average molecular weight is 264 g/mol. The molecule has 4 heteroatoms. The number of aryl methyl sites for hydroxylation is 1. The standard InChI is InChI=1S/C15H24N2O2/c1-11-7-8-14(19-3)13(10-11)12(2)17-9-5-4-6-15(16)18/h7-8,10,12,17H,4-6,9H2,1-3H3,(H2,16,18). The lowest BCUT2D eigenvalue weighted by molar-refractivity contribution is -0.118. The van der Waals surface area contributed by atoms with Gasteiger partial charge in [-0.3, -0.25) is 4.79 Å². The molecule has 0 saturated heterocycles. The molecule has 1 amide bonds. The van der Waals surface area contributed by atoms with Crippen LogP contribution >= 0.6 is 0 Å². The normalized spacial score (nSPS) is 12.2. The number of ether oxygens (including phenoxy) is 1. The average Bonchev–Trinajstić information content (AvgIpc) is 2.37. The quantitative estimate of drug-likeness (QED) is 0.708. The van der Waals surface area contributed by atoms with E-state index in [2.05, 4.69) is 25.2 Å². The molecule has 1 aromatic carbocycles. The molecule has 0 bridgehead atoms. The summed E-state index contributed by atoms with van der Waals surface area (Å²) in [7, 11) is 1.69. The van der Waals surface area contributed by atoms with Crippen molar-refractivity contribution in [1.82, 2.24) is 5.32 Å². The molecule has 4 nitrogen and oxygen atoms in total. The van der Waals surface area contributed by atoms with E-state index < -0.39 is 0 Å². The Morgan fingerprint density at radius 1 is 1.42 bits per heavy atom. The number of nitrogens with two attached hydrogens (primary N) is 1. The SMILES string of the molecule is COc1ccc(C)cc1C(C)NCCCCC(N)=O. The van der Waals surface area contributed by atoms with Crippen molar-refractivity contribution in [3.8, 4) is 5.75 Å². The van der Waals surface area contributed by atoms with Crippen molar-refractivity contribution in [2.24, 2.45) is 5.73 Å². The summed E-state index contributed by atoms with van der Waals surface area (Å²) in [6, 6.07) is 6.40. The molecule has 0 aliphatic rings. The molecule has 0 spiro atoms. The van der Waals surface area contributed by atoms with Crippen molar-refractivity contribution in [3.63, 3.8) is 0 Å². The predicted octanol–water partition coefficient (Wildman–Crippen LogP) is 2.31. The van der Waals surface area contributed by atoms with Gasteiger partial charge < -0.3 is 15.8 Å². The minimum atomic E-state index is -0.228. The first kappa shape index (κ1) is 15.5. The van der Waals surface area contributed by atoms with Crippen LogP contribution in [0, 0.1) is 6.92 Å². The zero-order chi connectivity index (χ0) is 14.3. The van der Waals surface area contributed by atoms with Crippen LogP contribution in [0.15, 0.2) is 18.2 Å². The number of hydrogen-bond donors (Lipinski definition) is 2. The molecular formula is C15H24N2O2. The minimum Gasteiger partial charge on any atom is -0.496 e. The molecule has 0 radical (unpaired) electrons. The third-order valence-electron chi connectivity index (χ3n) is 3.15. The van der Waals surface area contributed by atoms with Gasteiger partial charge in [-0.05, 0) is 39.3 Å². The number of rotatable bonds is 8. The Morgan fingerprint density at radius 3 is 2.79 bits per heavy atom. The van der Waals surface area contributed by atoms with Crippen LogP contribution in [0.4, 0.5) is 0 Å². The van der Waals surface area contributed by atoms with Gasteiger partial charge in [0.2, 0.25) is 5.91 Å². The van der Waals surface area contributed by atoms with E-state index in [1.807, 2.05) is 12.1 Å². The van der Waals surface area contributed by atoms with Crippen LogP contribution in [-0.4, -0.2) is 19.6 Å². The van der Waals surface area contributed by atoms with Crippen LogP contribution in [0.25, 0.3) is 0 Å². The smallest absolute Gasteiger partial charge is 0.217 e. The molecule has 0 aromatic heterocycles. The second-order valence-electron chi connectivity index (χ2n) is 4.84. The molecule has 0 fully saturated rings. The number of benzene rings is 1. The van der Waals surface area contributed by atoms with Crippen LogP contribution in [0.2, 0.25) is 0 Å². The lowest BCUT2D eigenvalue weighted by atomic mass is 10.0. The molecule has 1 rings (SSSR count). The minimum absolute atomic E-state index is 0.225. The van der Waals surface area contributed by atoms with E-state index >= 15 is 0 Å². The lowest BCUT2D eigenvalue weighted by Gasteiger charge is -2.18. The lowest BCUT2D eigenvalue weighted by Crippen LogP contribution is -2.21. The van der Waals surface area contributed by atoms with Gasteiger partial charge in [-0.1, -0.05) is 17.7 Å². The highest BCUT2D eigenvalue weighted by Crippen LogP contribution is 2.25. The summed E-state index contributed by atoms with van der Waals surface area (Å²) >= 11 is 0. The topological polar surface area (TPSA) is 64.3 Å². The van der Waals surface area contributed by atoms with Crippen molar-refractivity contribution in [1.29, 1.82) is 0 Å². The first-order valence-electron chi connectivity index (χ1n) is 6.71. The molecule has 106 valence electrons. The van der Waals surface area contributed by atoms with E-state index in [1.54, 1.807) is 7.11 Å². The summed E-state index contributed by atoms with van der Waals surface area (Å²) in [5.74, 6) is 0.677. The summed E-state index contributed by atoms with van der Waals surface area (Å²) in [5, 5.41) is 3.44. The second kappa shape index (κ2) is 7.79. The molecule has 1 atom stereocenters. The summed E-state index contributed by atoms with van der Waals surface area (Å²) in [5.41, 5.74) is 7.49. The van der Waals surface area contributed by atoms with Gasteiger partial charge in [0.05, 0.1) is 7.11 Å². The summed E-state index contributed by atoms with van der Waals surface area (Å²) in [6.07, 6.45) is 2.24. The van der Waals surface area contributed by atoms with E-state index in [4.69, 9.17) is 10.5 Å². The van der Waals surface area contributed by atoms with E-state index in [1.165, 1.54) is 5.56 Å². The first-order chi connectivity index (χ1) is 9.04. The first-order valence-corrected chi connectivity index (χ1v) is 6.71. The number of carbonyl (C=O) groups is 1. The van der Waals surface area contributed by atoms with Gasteiger partial charge in [0.1, 0.15) is 5.75 Å². The van der Waals surface area contributed by atoms with Gasteiger partial charge >= 0.3 is 0 Å². The highest BCUT2D eigenvalue weighted by atomic mass is 16.5. The number of carbonyl (C=O) groups excluding carboxylic acids is 1. The zero-order valence-corrected chi connectivity index (χ0v) is 12.0. The number of hydrogen-bond acceptors (Lipinski definition) is 3. The molecule has 19 heavy (non-hydrogen) atoms. The highest BCUT2D eigenvalue weighted by molar-refractivity contribution is 5.73. The fraction of sp³-hybridized carbons (Fsp3) is 0.533. The van der Waals surface area contributed by atoms with Crippen molar-refractivity contribution < 1.29 is 9.53 Å². The largest absolute Gasteiger partial charge is 0.496 e. The van der Waals surface area contributed by atoms with Crippen LogP contribution < -0.4 is 15.8 Å². The third kappa shape index (κ3) is 5.30. The van der Waals surface area contributed by atoms with Crippen molar-refractivity contribution in [3.05, 3.63) is 29.3 Å². The zero-order valence-electron chi connectivity index (χ0n) is 12.0. The molecule has 3 N–H and O–H groups in total. The number of nitrogens with one attached hydrogen (secondary N) is 1. The molecule has 0 aliphatic heterocycles. The van der Waals surface area contributed by atoms with Crippen LogP contribution in [0.3, 0.4) is 0 Å². The molecule has 0 saturated carbocycles. The van der Waals surface area contributed by atoms with Gasteiger partial charge in [-0.25, -0.2) is 0 Å². The number of unbranched alkanes of at least 4 members (excludes halogenated alkanes) is 1. The Hall–Kier alpha value is -1.55. The fourth-order valence-corrected chi connectivity index (χ4v) is 2.04. The summed E-state index contributed by atoms with van der Waals surface area (Å²) in [6.45, 7) is 5.06. The van der Waals surface area contributed by atoms with Gasteiger partial charge in [0.25, 0.3) is 0 Å². The maximum Gasteiger partial charge on any atom is 0.217 e. The van der Waals surface area contributed by atoms with E-state index in [0.29, 0.717) is 6.42 Å². The maximum atomic E-state index is 10.6. The number of methoxy groups -OCH3 is 1. The van der Waals surface area contributed by atoms with Gasteiger partial charge in [0.15, 0.2) is 0 Å². The van der Waals surface area contributed by atoms with E-state index in [0.717, 1.165) is 30.7 Å². The number of amides is 1. The van der Waals surface area contributed by atoms with Gasteiger partial charge in [-0.15, -0.1) is 0 Å². The second-order valence-corrected chi connectivity index (χ2v) is 4.84. The van der Waals surface area contributed by atoms with Crippen LogP contribution in [0.1, 0.15) is 43.4 Å². The molecule has 1 aromatic rings. The monoisotopic (exact) mass is 264 g/mol. The number of primary amides is 1. The highest BCUT2D eigenvalue weighted by Gasteiger charge is 2.10. The summed E-state index contributed by atoms with van der Waals surface area (Å²) < 4.78 is 5.38. The van der Waals surface area contributed by atoms with Crippen molar-refractivity contribution in [2.45, 2.75) is 39.2 Å². The van der Waals surface area contributed by atoms with E-state index in [-0.39, 0.29) is 11.9 Å². The molecule has 0 heterocycles. The summed E-state index contributed by atoms with van der Waals surface area (Å²) in [4.78, 5) is 10.6. The van der Waals surface area contributed by atoms with Crippen LogP contribution in [-0.2, 0) is 4.79 Å². The maximum absolute atomic E-state index is 10.6. The third-order valence-corrected chi connectivity index (χ3v) is 3.15. The fourth-order valence-electron chi connectivity index (χ4n) is 2.04.